The monoisotopic (exact) mass is 257 g/mol. The van der Waals surface area contributed by atoms with Gasteiger partial charge < -0.3 is 10.3 Å². The third-order valence-electron chi connectivity index (χ3n) is 4.02. The number of hydrogen-bond donors (Lipinski definition) is 1. The Labute approximate surface area is 114 Å². The first kappa shape index (κ1) is 12.5. The summed E-state index contributed by atoms with van der Waals surface area (Å²) in [5.41, 5.74) is 8.95. The number of nitrogens with two attached hydrogens (primary N) is 1. The fraction of sp³-hybridized carbons (Fsp3) is 0.562. The molecule has 3 heteroatoms. The van der Waals surface area contributed by atoms with E-state index in [-0.39, 0.29) is 0 Å². The zero-order valence-electron chi connectivity index (χ0n) is 11.7. The molecule has 3 nitrogen and oxygen atoms in total. The summed E-state index contributed by atoms with van der Waals surface area (Å²) in [6.07, 6.45) is 7.74. The molecule has 0 unspecified atom stereocenters. The zero-order valence-corrected chi connectivity index (χ0v) is 11.7. The van der Waals surface area contributed by atoms with Gasteiger partial charge in [-0.1, -0.05) is 19.8 Å². The lowest BCUT2D eigenvalue weighted by atomic mass is 10.2. The van der Waals surface area contributed by atoms with E-state index >= 15 is 0 Å². The van der Waals surface area contributed by atoms with Gasteiger partial charge in [-0.15, -0.1) is 0 Å². The average molecular weight is 257 g/mol. The van der Waals surface area contributed by atoms with Crippen molar-refractivity contribution in [1.82, 2.24) is 9.55 Å². The summed E-state index contributed by atoms with van der Waals surface area (Å²) in [4.78, 5) is 4.76. The lowest BCUT2D eigenvalue weighted by molar-refractivity contribution is 0.567. The van der Waals surface area contributed by atoms with Crippen molar-refractivity contribution in [2.24, 2.45) is 5.92 Å². The van der Waals surface area contributed by atoms with Crippen LogP contribution in [-0.2, 0) is 13.0 Å². The van der Waals surface area contributed by atoms with Crippen molar-refractivity contribution in [3.8, 4) is 0 Å². The molecule has 0 atom stereocenters. The summed E-state index contributed by atoms with van der Waals surface area (Å²) in [6.45, 7) is 3.31. The molecule has 1 heterocycles. The van der Waals surface area contributed by atoms with E-state index in [0.29, 0.717) is 0 Å². The van der Waals surface area contributed by atoms with Crippen LogP contribution in [-0.4, -0.2) is 9.55 Å². The van der Waals surface area contributed by atoms with E-state index in [1.165, 1.54) is 37.0 Å². The number of nitrogen functional groups attached to an aromatic ring is 1. The molecule has 19 heavy (non-hydrogen) atoms. The second kappa shape index (κ2) is 5.24. The van der Waals surface area contributed by atoms with Crippen LogP contribution in [0.1, 0.15) is 44.9 Å². The third kappa shape index (κ3) is 2.75. The maximum absolute atomic E-state index is 5.86. The van der Waals surface area contributed by atoms with Crippen molar-refractivity contribution in [2.45, 2.75) is 52.0 Å². The molecule has 0 radical (unpaired) electrons. The van der Waals surface area contributed by atoms with Crippen LogP contribution in [0.4, 0.5) is 5.69 Å². The minimum absolute atomic E-state index is 0.804. The fourth-order valence-corrected chi connectivity index (χ4v) is 2.81. The highest BCUT2D eigenvalue weighted by Gasteiger charge is 2.20. The Hall–Kier alpha value is -1.51. The van der Waals surface area contributed by atoms with Crippen molar-refractivity contribution in [2.75, 3.05) is 5.73 Å². The second-order valence-electron chi connectivity index (χ2n) is 5.76. The van der Waals surface area contributed by atoms with Crippen molar-refractivity contribution in [1.29, 1.82) is 0 Å². The number of fused-ring (bicyclic) bond motifs is 1. The first-order valence-corrected chi connectivity index (χ1v) is 7.52. The molecule has 0 amide bonds. The van der Waals surface area contributed by atoms with Gasteiger partial charge in [0.05, 0.1) is 11.0 Å². The van der Waals surface area contributed by atoms with E-state index in [1.807, 2.05) is 12.1 Å². The molecular formula is C16H23N3. The van der Waals surface area contributed by atoms with E-state index in [1.54, 1.807) is 0 Å². The molecule has 0 bridgehead atoms. The molecule has 102 valence electrons. The molecule has 1 aromatic carbocycles. The van der Waals surface area contributed by atoms with Crippen LogP contribution in [0.3, 0.4) is 0 Å². The van der Waals surface area contributed by atoms with Crippen molar-refractivity contribution < 1.29 is 0 Å². The molecule has 1 aliphatic rings. The molecule has 2 N–H and O–H groups in total. The minimum atomic E-state index is 0.804. The molecule has 3 rings (SSSR count). The minimum Gasteiger partial charge on any atom is -0.399 e. The zero-order chi connectivity index (χ0) is 13.2. The molecule has 2 aromatic rings. The van der Waals surface area contributed by atoms with Gasteiger partial charge in [-0.05, 0) is 43.4 Å². The van der Waals surface area contributed by atoms with Crippen LogP contribution in [0.25, 0.3) is 11.0 Å². The van der Waals surface area contributed by atoms with Crippen molar-refractivity contribution in [3.63, 3.8) is 0 Å². The standard InChI is InChI=1S/C16H23N3/c1-2-4-16-18-14-11-13(17)8-9-15(14)19(16)10-3-5-12-6-7-12/h8-9,11-12H,2-7,10,17H2,1H3. The van der Waals surface area contributed by atoms with Crippen LogP contribution in [0.15, 0.2) is 18.2 Å². The Balaban J connectivity index is 1.86. The Bertz CT molecular complexity index is 567. The highest BCUT2D eigenvalue weighted by molar-refractivity contribution is 5.79. The molecule has 0 saturated heterocycles. The molecule has 1 aliphatic carbocycles. The number of aryl methyl sites for hydroxylation is 2. The van der Waals surface area contributed by atoms with Crippen LogP contribution in [0.2, 0.25) is 0 Å². The predicted molar refractivity (Wildman–Crippen MR) is 80.1 cm³/mol. The van der Waals surface area contributed by atoms with Crippen molar-refractivity contribution in [3.05, 3.63) is 24.0 Å². The molecule has 1 saturated carbocycles. The number of hydrogen-bond acceptors (Lipinski definition) is 2. The van der Waals surface area contributed by atoms with E-state index in [0.717, 1.165) is 36.5 Å². The molecule has 0 aliphatic heterocycles. The third-order valence-corrected chi connectivity index (χ3v) is 4.02. The SMILES string of the molecule is CCCc1nc2cc(N)ccc2n1CCCC1CC1. The predicted octanol–water partition coefficient (Wildman–Crippen LogP) is 3.76. The smallest absolute Gasteiger partial charge is 0.109 e. The molecule has 0 spiro atoms. The summed E-state index contributed by atoms with van der Waals surface area (Å²) in [5, 5.41) is 0. The summed E-state index contributed by atoms with van der Waals surface area (Å²) >= 11 is 0. The second-order valence-corrected chi connectivity index (χ2v) is 5.76. The Kier molecular flexibility index (Phi) is 3.45. The number of imidazole rings is 1. The summed E-state index contributed by atoms with van der Waals surface area (Å²) < 4.78 is 2.40. The van der Waals surface area contributed by atoms with Gasteiger partial charge >= 0.3 is 0 Å². The van der Waals surface area contributed by atoms with E-state index < -0.39 is 0 Å². The van der Waals surface area contributed by atoms with Gasteiger partial charge in [0.25, 0.3) is 0 Å². The quantitative estimate of drug-likeness (QED) is 0.801. The average Bonchev–Trinajstić information content (AvgIpc) is 3.14. The highest BCUT2D eigenvalue weighted by atomic mass is 15.1. The first-order chi connectivity index (χ1) is 9.28. The number of rotatable bonds is 6. The summed E-state index contributed by atoms with van der Waals surface area (Å²) in [6, 6.07) is 6.09. The van der Waals surface area contributed by atoms with Gasteiger partial charge in [0.1, 0.15) is 5.82 Å². The Morgan fingerprint density at radius 2 is 2.21 bits per heavy atom. The summed E-state index contributed by atoms with van der Waals surface area (Å²) in [7, 11) is 0. The highest BCUT2D eigenvalue weighted by Crippen LogP contribution is 2.33. The Morgan fingerprint density at radius 3 is 2.95 bits per heavy atom. The van der Waals surface area contributed by atoms with Crippen molar-refractivity contribution >= 4 is 16.7 Å². The van der Waals surface area contributed by atoms with E-state index in [9.17, 15) is 0 Å². The van der Waals surface area contributed by atoms with Gasteiger partial charge in [0.15, 0.2) is 0 Å². The molecular weight excluding hydrogens is 234 g/mol. The van der Waals surface area contributed by atoms with E-state index in [2.05, 4.69) is 17.6 Å². The van der Waals surface area contributed by atoms with Gasteiger partial charge in [-0.25, -0.2) is 4.98 Å². The molecule has 1 aromatic heterocycles. The van der Waals surface area contributed by atoms with Crippen LogP contribution < -0.4 is 5.73 Å². The Morgan fingerprint density at radius 1 is 1.37 bits per heavy atom. The van der Waals surface area contributed by atoms with Gasteiger partial charge in [-0.2, -0.15) is 0 Å². The van der Waals surface area contributed by atoms with Crippen LogP contribution in [0.5, 0.6) is 0 Å². The number of anilines is 1. The van der Waals surface area contributed by atoms with Crippen LogP contribution in [0, 0.1) is 5.92 Å². The maximum atomic E-state index is 5.86. The largest absolute Gasteiger partial charge is 0.399 e. The first-order valence-electron chi connectivity index (χ1n) is 7.52. The number of benzene rings is 1. The van der Waals surface area contributed by atoms with Gasteiger partial charge in [-0.3, -0.25) is 0 Å². The van der Waals surface area contributed by atoms with Crippen LogP contribution >= 0.6 is 0 Å². The number of nitrogens with zero attached hydrogens (tertiary/aromatic N) is 2. The van der Waals surface area contributed by atoms with Gasteiger partial charge in [0, 0.05) is 18.7 Å². The lowest BCUT2D eigenvalue weighted by Gasteiger charge is -2.08. The maximum Gasteiger partial charge on any atom is 0.109 e. The normalized spacial score (nSPS) is 15.2. The molecule has 1 fully saturated rings. The number of aromatic nitrogens is 2. The van der Waals surface area contributed by atoms with Gasteiger partial charge in [0.2, 0.25) is 0 Å². The lowest BCUT2D eigenvalue weighted by Crippen LogP contribution is -2.04. The summed E-state index contributed by atoms with van der Waals surface area (Å²) in [5.74, 6) is 2.24. The van der Waals surface area contributed by atoms with E-state index in [4.69, 9.17) is 10.7 Å². The topological polar surface area (TPSA) is 43.8 Å². The fourth-order valence-electron chi connectivity index (χ4n) is 2.81.